The van der Waals surface area contributed by atoms with Crippen LogP contribution < -0.4 is 10.9 Å². The van der Waals surface area contributed by atoms with E-state index in [0.29, 0.717) is 22.3 Å². The van der Waals surface area contributed by atoms with E-state index in [0.717, 1.165) is 10.9 Å². The first kappa shape index (κ1) is 15.1. The number of aromatic nitrogens is 3. The van der Waals surface area contributed by atoms with Gasteiger partial charge in [0.15, 0.2) is 0 Å². The molecule has 4 rings (SSSR count). The van der Waals surface area contributed by atoms with Gasteiger partial charge in [0.25, 0.3) is 0 Å². The Bertz CT molecular complexity index is 1140. The highest BCUT2D eigenvalue weighted by molar-refractivity contribution is 6.02. The minimum atomic E-state index is -0.472. The Kier molecular flexibility index (Phi) is 3.53. The quantitative estimate of drug-likeness (QED) is 0.581. The lowest BCUT2D eigenvalue weighted by atomic mass is 10.2. The van der Waals surface area contributed by atoms with Gasteiger partial charge in [-0.3, -0.25) is 9.48 Å². The van der Waals surface area contributed by atoms with Crippen LogP contribution >= 0.6 is 0 Å². The Labute approximate surface area is 141 Å². The molecule has 3 heterocycles. The Morgan fingerprint density at radius 3 is 2.80 bits per heavy atom. The molecule has 0 radical (unpaired) electrons. The molecule has 0 aliphatic carbocycles. The van der Waals surface area contributed by atoms with Crippen LogP contribution in [0.3, 0.4) is 0 Å². The number of carbonyl (C=O) groups excluding carboxylic acids is 1. The van der Waals surface area contributed by atoms with E-state index in [1.54, 1.807) is 24.4 Å². The van der Waals surface area contributed by atoms with Gasteiger partial charge in [-0.05, 0) is 30.7 Å². The number of benzene rings is 1. The molecule has 1 aromatic carbocycles. The van der Waals surface area contributed by atoms with Gasteiger partial charge in [0.05, 0.1) is 11.7 Å². The summed E-state index contributed by atoms with van der Waals surface area (Å²) in [7, 11) is 0. The molecule has 0 fully saturated rings. The monoisotopic (exact) mass is 334 g/mol. The Morgan fingerprint density at radius 2 is 2.00 bits per heavy atom. The summed E-state index contributed by atoms with van der Waals surface area (Å²) in [6, 6.07) is 10.8. The van der Waals surface area contributed by atoms with E-state index < -0.39 is 5.63 Å². The summed E-state index contributed by atoms with van der Waals surface area (Å²) in [5, 5.41) is 7.98. The van der Waals surface area contributed by atoms with E-state index in [1.165, 1.54) is 10.9 Å². The van der Waals surface area contributed by atoms with E-state index in [-0.39, 0.29) is 12.5 Å². The lowest BCUT2D eigenvalue weighted by Crippen LogP contribution is -2.20. The van der Waals surface area contributed by atoms with Crippen molar-refractivity contribution in [2.45, 2.75) is 13.5 Å². The van der Waals surface area contributed by atoms with Gasteiger partial charge < -0.3 is 9.73 Å². The van der Waals surface area contributed by atoms with Gasteiger partial charge in [0.2, 0.25) is 5.91 Å². The highest BCUT2D eigenvalue weighted by Crippen LogP contribution is 2.22. The van der Waals surface area contributed by atoms with Gasteiger partial charge in [-0.2, -0.15) is 5.10 Å². The molecule has 0 saturated carbocycles. The van der Waals surface area contributed by atoms with E-state index in [4.69, 9.17) is 4.42 Å². The number of pyridine rings is 1. The topological polar surface area (TPSA) is 90.0 Å². The van der Waals surface area contributed by atoms with Gasteiger partial charge in [-0.1, -0.05) is 18.2 Å². The summed E-state index contributed by atoms with van der Waals surface area (Å²) in [6.07, 6.45) is 3.10. The number of para-hydroxylation sites is 1. The van der Waals surface area contributed by atoms with Crippen LogP contribution in [0, 0.1) is 6.92 Å². The number of hydrogen-bond donors (Lipinski definition) is 1. The number of nitrogens with zero attached hydrogens (tertiary/aromatic N) is 3. The summed E-state index contributed by atoms with van der Waals surface area (Å²) in [4.78, 5) is 28.5. The number of rotatable bonds is 3. The molecule has 0 atom stereocenters. The standard InChI is InChI=1S/C18H14N4O3/c1-11-6-7-15(19-8-11)21-16(23)10-22-17-12-4-2-3-5-14(12)25-18(24)13(17)9-20-22/h2-9H,10H2,1H3,(H,19,21,23). The molecule has 7 heteroatoms. The average molecular weight is 334 g/mol. The van der Waals surface area contributed by atoms with Crippen LogP contribution in [0.2, 0.25) is 0 Å². The SMILES string of the molecule is Cc1ccc(NC(=O)Cn2ncc3c(=O)oc4ccccc4c32)nc1. The summed E-state index contributed by atoms with van der Waals surface area (Å²) in [6.45, 7) is 1.89. The van der Waals surface area contributed by atoms with Crippen molar-refractivity contribution in [3.63, 3.8) is 0 Å². The Morgan fingerprint density at radius 1 is 1.16 bits per heavy atom. The smallest absolute Gasteiger partial charge is 0.347 e. The van der Waals surface area contributed by atoms with Gasteiger partial charge in [-0.15, -0.1) is 0 Å². The Hall–Kier alpha value is -3.48. The molecule has 25 heavy (non-hydrogen) atoms. The van der Waals surface area contributed by atoms with Crippen molar-refractivity contribution in [2.24, 2.45) is 0 Å². The van der Waals surface area contributed by atoms with Gasteiger partial charge >= 0.3 is 5.63 Å². The largest absolute Gasteiger partial charge is 0.422 e. The lowest BCUT2D eigenvalue weighted by molar-refractivity contribution is -0.116. The van der Waals surface area contributed by atoms with E-state index in [9.17, 15) is 9.59 Å². The molecule has 1 amide bonds. The van der Waals surface area contributed by atoms with Crippen LogP contribution in [0.1, 0.15) is 5.56 Å². The number of fused-ring (bicyclic) bond motifs is 3. The summed E-state index contributed by atoms with van der Waals surface area (Å²) in [5.74, 6) is 0.190. The zero-order valence-electron chi connectivity index (χ0n) is 13.4. The van der Waals surface area contributed by atoms with Crippen LogP contribution in [-0.2, 0) is 11.3 Å². The second-order valence-electron chi connectivity index (χ2n) is 5.72. The molecule has 0 spiro atoms. The number of hydrogen-bond acceptors (Lipinski definition) is 5. The molecule has 1 N–H and O–H groups in total. The molecule has 124 valence electrons. The molecule has 0 bridgehead atoms. The molecule has 3 aromatic heterocycles. The van der Waals surface area contributed by atoms with Crippen LogP contribution in [0.15, 0.2) is 58.0 Å². The zero-order chi connectivity index (χ0) is 17.4. The predicted octanol–water partition coefficient (Wildman–Crippen LogP) is 2.48. The van der Waals surface area contributed by atoms with Crippen LogP contribution in [-0.4, -0.2) is 20.7 Å². The summed E-state index contributed by atoms with van der Waals surface area (Å²) >= 11 is 0. The highest BCUT2D eigenvalue weighted by Gasteiger charge is 2.15. The number of nitrogens with one attached hydrogen (secondary N) is 1. The van der Waals surface area contributed by atoms with Crippen LogP contribution in [0.4, 0.5) is 5.82 Å². The fourth-order valence-electron chi connectivity index (χ4n) is 2.70. The average Bonchev–Trinajstić information content (AvgIpc) is 3.02. The van der Waals surface area contributed by atoms with Gasteiger partial charge in [0.1, 0.15) is 23.3 Å². The third kappa shape index (κ3) is 2.76. The lowest BCUT2D eigenvalue weighted by Gasteiger charge is -2.07. The van der Waals surface area contributed by atoms with Crippen molar-refractivity contribution >= 4 is 33.6 Å². The zero-order valence-corrected chi connectivity index (χ0v) is 13.4. The van der Waals surface area contributed by atoms with Crippen molar-refractivity contribution in [2.75, 3.05) is 5.32 Å². The maximum atomic E-state index is 12.3. The Balaban J connectivity index is 1.71. The molecule has 0 aliphatic rings. The van der Waals surface area contributed by atoms with Crippen molar-refractivity contribution in [3.8, 4) is 0 Å². The van der Waals surface area contributed by atoms with E-state index in [2.05, 4.69) is 15.4 Å². The van der Waals surface area contributed by atoms with Gasteiger partial charge in [0, 0.05) is 11.6 Å². The second-order valence-corrected chi connectivity index (χ2v) is 5.72. The fourth-order valence-corrected chi connectivity index (χ4v) is 2.70. The minimum Gasteiger partial charge on any atom is -0.422 e. The van der Waals surface area contributed by atoms with Gasteiger partial charge in [-0.25, -0.2) is 9.78 Å². The molecule has 4 aromatic rings. The molecule has 0 aliphatic heterocycles. The highest BCUT2D eigenvalue weighted by atomic mass is 16.4. The van der Waals surface area contributed by atoms with Crippen molar-refractivity contribution in [1.29, 1.82) is 0 Å². The first-order valence-corrected chi connectivity index (χ1v) is 7.72. The maximum Gasteiger partial charge on any atom is 0.347 e. The third-order valence-corrected chi connectivity index (χ3v) is 3.88. The number of aryl methyl sites for hydroxylation is 1. The van der Waals surface area contributed by atoms with Crippen molar-refractivity contribution in [3.05, 3.63) is 64.8 Å². The summed E-state index contributed by atoms with van der Waals surface area (Å²) < 4.78 is 6.78. The van der Waals surface area contributed by atoms with E-state index in [1.807, 2.05) is 25.1 Å². The normalized spacial score (nSPS) is 11.1. The fraction of sp³-hybridized carbons (Fsp3) is 0.111. The minimum absolute atomic E-state index is 0.0352. The molecule has 0 unspecified atom stereocenters. The van der Waals surface area contributed by atoms with Crippen molar-refractivity contribution < 1.29 is 9.21 Å². The second kappa shape index (κ2) is 5.86. The van der Waals surface area contributed by atoms with Crippen LogP contribution in [0.25, 0.3) is 21.9 Å². The number of carbonyl (C=O) groups is 1. The first-order chi connectivity index (χ1) is 12.1. The molecule has 0 saturated heterocycles. The maximum absolute atomic E-state index is 12.3. The van der Waals surface area contributed by atoms with E-state index >= 15 is 0 Å². The molecule has 7 nitrogen and oxygen atoms in total. The molecular weight excluding hydrogens is 320 g/mol. The number of anilines is 1. The number of amides is 1. The predicted molar refractivity (Wildman–Crippen MR) is 93.4 cm³/mol. The van der Waals surface area contributed by atoms with Crippen molar-refractivity contribution in [1.82, 2.24) is 14.8 Å². The molecular formula is C18H14N4O3. The van der Waals surface area contributed by atoms with Crippen LogP contribution in [0.5, 0.6) is 0 Å². The third-order valence-electron chi connectivity index (χ3n) is 3.88. The first-order valence-electron chi connectivity index (χ1n) is 7.72. The summed E-state index contributed by atoms with van der Waals surface area (Å²) in [5.41, 5.74) is 1.58.